The summed E-state index contributed by atoms with van der Waals surface area (Å²) < 4.78 is 30.2. The summed E-state index contributed by atoms with van der Waals surface area (Å²) in [6.45, 7) is 4.30. The first kappa shape index (κ1) is 47.2. The van der Waals surface area contributed by atoms with E-state index in [1.807, 2.05) is 4.90 Å². The third-order valence-electron chi connectivity index (χ3n) is 16.4. The molecule has 1 spiro atoms. The summed E-state index contributed by atoms with van der Waals surface area (Å²) >= 11 is 0. The van der Waals surface area contributed by atoms with Crippen LogP contribution in [-0.2, 0) is 32.0 Å². The number of amides is 4. The maximum atomic E-state index is 15.1. The van der Waals surface area contributed by atoms with Crippen molar-refractivity contribution in [2.45, 2.75) is 159 Å². The average molecular weight is 925 g/mol. The second kappa shape index (κ2) is 19.6. The van der Waals surface area contributed by atoms with Gasteiger partial charge >= 0.3 is 0 Å². The highest BCUT2D eigenvalue weighted by Crippen LogP contribution is 2.56. The number of hydrogen-bond acceptors (Lipinski definition) is 7. The normalized spacial score (nSPS) is 24.0. The lowest BCUT2D eigenvalue weighted by Crippen LogP contribution is -2.56. The number of likely N-dealkylation sites (tertiary alicyclic amines) is 2. The highest BCUT2D eigenvalue weighted by atomic mass is 19.1. The van der Waals surface area contributed by atoms with Crippen LogP contribution in [0.15, 0.2) is 36.4 Å². The van der Waals surface area contributed by atoms with Crippen LogP contribution in [0, 0.1) is 28.9 Å². The van der Waals surface area contributed by atoms with E-state index in [0.717, 1.165) is 105 Å². The van der Waals surface area contributed by atoms with E-state index in [1.165, 1.54) is 24.3 Å². The van der Waals surface area contributed by atoms with Crippen LogP contribution in [-0.4, -0.2) is 118 Å². The summed E-state index contributed by atoms with van der Waals surface area (Å²) in [4.78, 5) is 67.6. The maximum Gasteiger partial charge on any atom is 0.245 e. The van der Waals surface area contributed by atoms with Gasteiger partial charge in [-0.15, -0.1) is 0 Å². The summed E-state index contributed by atoms with van der Waals surface area (Å²) in [5.74, 6) is -1.50. The fourth-order valence-electron chi connectivity index (χ4n) is 12.2. The Bertz CT molecular complexity index is 2470. The van der Waals surface area contributed by atoms with Gasteiger partial charge in [-0.05, 0) is 157 Å². The quantitative estimate of drug-likeness (QED) is 0.0726. The van der Waals surface area contributed by atoms with Crippen LogP contribution in [0.3, 0.4) is 0 Å². The number of aliphatic hydroxyl groups is 1. The Morgan fingerprint density at radius 1 is 0.701 bits per heavy atom. The number of halogens is 2. The van der Waals surface area contributed by atoms with Crippen molar-refractivity contribution in [3.63, 3.8) is 0 Å². The zero-order valence-corrected chi connectivity index (χ0v) is 39.6. The second-order valence-electron chi connectivity index (χ2n) is 20.9. The molecular weight excluding hydrogens is 855 g/mol. The molecule has 7 N–H and O–H groups in total. The standard InChI is InChI=1S/C52H70F2N8O5/c1-29(55-3)48(64)59-44(31-11-7-5-8-12-31)50(66)61-27-37(63)23-35(61)24-40-38-17-15-33(53)21-42(38)57-46(40)47-41(39-18-16-34(54)22-43(39)58-47)25-36-26-52(19-20-52)28-62(36)51(67)45(32-13-9-6-10-14-32)60-49(65)30(2)56-4/h15-18,21-22,29-32,35-37,44-45,55-58,63H,5-14,19-20,23-28H2,1-4H3,(H,59,64)(H,60,65). The smallest absolute Gasteiger partial charge is 0.245 e. The Kier molecular flexibility index (Phi) is 13.8. The summed E-state index contributed by atoms with van der Waals surface area (Å²) in [5.41, 5.74) is 4.24. The van der Waals surface area contributed by atoms with Gasteiger partial charge < -0.3 is 46.1 Å². The summed E-state index contributed by atoms with van der Waals surface area (Å²) in [7, 11) is 3.45. The molecule has 4 aromatic rings. The van der Waals surface area contributed by atoms with Gasteiger partial charge in [0.25, 0.3) is 0 Å². The Hall–Kier alpha value is -4.86. The Morgan fingerprint density at radius 2 is 1.16 bits per heavy atom. The predicted octanol–water partition coefficient (Wildman–Crippen LogP) is 6.37. The molecule has 2 saturated heterocycles. The van der Waals surface area contributed by atoms with E-state index in [0.29, 0.717) is 48.2 Å². The van der Waals surface area contributed by atoms with Gasteiger partial charge in [0.2, 0.25) is 23.6 Å². The molecular formula is C52H70F2N8O5. The molecule has 15 heteroatoms. The van der Waals surface area contributed by atoms with Crippen LogP contribution in [0.25, 0.3) is 33.2 Å². The zero-order valence-electron chi connectivity index (χ0n) is 39.6. The lowest BCUT2D eigenvalue weighted by atomic mass is 9.83. The van der Waals surface area contributed by atoms with Crippen molar-refractivity contribution >= 4 is 45.4 Å². The fraction of sp³-hybridized carbons (Fsp3) is 0.615. The largest absolute Gasteiger partial charge is 0.391 e. The molecule has 362 valence electrons. The van der Waals surface area contributed by atoms with Crippen molar-refractivity contribution in [3.05, 3.63) is 59.2 Å². The van der Waals surface area contributed by atoms with E-state index in [2.05, 4.69) is 31.2 Å². The molecule has 4 heterocycles. The highest BCUT2D eigenvalue weighted by Gasteiger charge is 2.54. The number of hydrogen-bond donors (Lipinski definition) is 7. The van der Waals surface area contributed by atoms with Crippen LogP contribution in [0.2, 0.25) is 0 Å². The van der Waals surface area contributed by atoms with Crippen molar-refractivity contribution in [2.24, 2.45) is 17.3 Å². The summed E-state index contributed by atoms with van der Waals surface area (Å²) in [5, 5.41) is 25.2. The number of nitrogens with one attached hydrogen (secondary N) is 6. The Labute approximate surface area is 392 Å². The van der Waals surface area contributed by atoms with Gasteiger partial charge in [0, 0.05) is 47.0 Å². The predicted molar refractivity (Wildman–Crippen MR) is 255 cm³/mol. The van der Waals surface area contributed by atoms with Gasteiger partial charge in [-0.25, -0.2) is 8.78 Å². The molecule has 67 heavy (non-hydrogen) atoms. The van der Waals surface area contributed by atoms with Gasteiger partial charge in [0.15, 0.2) is 0 Å². The van der Waals surface area contributed by atoms with E-state index in [-0.39, 0.29) is 53.5 Å². The third-order valence-corrected chi connectivity index (χ3v) is 16.4. The van der Waals surface area contributed by atoms with Crippen LogP contribution in [0.4, 0.5) is 8.78 Å². The molecule has 13 nitrogen and oxygen atoms in total. The number of aromatic amines is 2. The van der Waals surface area contributed by atoms with Crippen molar-refractivity contribution in [1.29, 1.82) is 0 Å². The van der Waals surface area contributed by atoms with Crippen LogP contribution in [0.5, 0.6) is 0 Å². The van der Waals surface area contributed by atoms with Gasteiger partial charge in [-0.2, -0.15) is 0 Å². The van der Waals surface area contributed by atoms with E-state index < -0.39 is 47.9 Å². The molecule has 3 saturated carbocycles. The molecule has 9 rings (SSSR count). The second-order valence-corrected chi connectivity index (χ2v) is 20.9. The van der Waals surface area contributed by atoms with Crippen LogP contribution < -0.4 is 21.3 Å². The van der Waals surface area contributed by atoms with Gasteiger partial charge in [0.05, 0.1) is 29.6 Å². The van der Waals surface area contributed by atoms with Crippen LogP contribution >= 0.6 is 0 Å². The lowest BCUT2D eigenvalue weighted by Gasteiger charge is -2.35. The van der Waals surface area contributed by atoms with E-state index in [1.54, 1.807) is 45.0 Å². The number of β-amino-alcohol motifs (C(OH)–C–C–N with tert-alkyl or cyclic N) is 1. The van der Waals surface area contributed by atoms with Crippen molar-refractivity contribution in [2.75, 3.05) is 27.2 Å². The monoisotopic (exact) mass is 925 g/mol. The summed E-state index contributed by atoms with van der Waals surface area (Å²) in [6, 6.07) is 6.33. The lowest BCUT2D eigenvalue weighted by molar-refractivity contribution is -0.139. The topological polar surface area (TPSA) is 175 Å². The van der Waals surface area contributed by atoms with Crippen molar-refractivity contribution in [1.82, 2.24) is 41.0 Å². The van der Waals surface area contributed by atoms with Crippen molar-refractivity contribution in [3.8, 4) is 11.4 Å². The first-order chi connectivity index (χ1) is 32.3. The molecule has 5 fully saturated rings. The minimum Gasteiger partial charge on any atom is -0.391 e. The Morgan fingerprint density at radius 3 is 1.63 bits per heavy atom. The molecule has 7 atom stereocenters. The number of fused-ring (bicyclic) bond motifs is 2. The molecule has 5 aliphatic rings. The SMILES string of the molecule is CNC(C)C(=O)NC(C(=O)N1CC(O)CC1Cc1c(-c2[nH]c3cc(F)ccc3c2CC2CC3(CC3)CN2C(=O)C(NC(=O)C(C)NC)C2CCCCC2)[nH]c2cc(F)ccc12)C1CCCCC1. The molecule has 4 amide bonds. The average Bonchev–Trinajstić information content (AvgIpc) is 3.55. The fourth-order valence-corrected chi connectivity index (χ4v) is 12.2. The molecule has 7 unspecified atom stereocenters. The number of benzene rings is 2. The molecule has 2 aromatic heterocycles. The van der Waals surface area contributed by atoms with Gasteiger partial charge in [-0.3, -0.25) is 19.2 Å². The van der Waals surface area contributed by atoms with Crippen molar-refractivity contribution < 1.29 is 33.1 Å². The Balaban J connectivity index is 1.09. The number of aliphatic hydroxyl groups excluding tert-OH is 1. The molecule has 3 aliphatic carbocycles. The number of aromatic nitrogens is 2. The van der Waals surface area contributed by atoms with E-state index >= 15 is 13.6 Å². The summed E-state index contributed by atoms with van der Waals surface area (Å²) in [6.07, 6.45) is 12.7. The number of H-pyrrole nitrogens is 2. The number of nitrogens with zero attached hydrogens (tertiary/aromatic N) is 2. The first-order valence-corrected chi connectivity index (χ1v) is 25.1. The molecule has 0 bridgehead atoms. The first-order valence-electron chi connectivity index (χ1n) is 25.1. The maximum absolute atomic E-state index is 15.1. The van der Waals surface area contributed by atoms with E-state index in [9.17, 15) is 19.5 Å². The molecule has 0 radical (unpaired) electrons. The zero-order chi connectivity index (χ0) is 47.1. The molecule has 2 aromatic carbocycles. The highest BCUT2D eigenvalue weighted by molar-refractivity contribution is 5.97. The number of carbonyl (C=O) groups excluding carboxylic acids is 4. The molecule has 2 aliphatic heterocycles. The van der Waals surface area contributed by atoms with E-state index in [4.69, 9.17) is 0 Å². The minimum atomic E-state index is -0.782. The third kappa shape index (κ3) is 9.74. The number of carbonyl (C=O) groups is 4. The number of rotatable bonds is 15. The van der Waals surface area contributed by atoms with Gasteiger partial charge in [0.1, 0.15) is 23.7 Å². The van der Waals surface area contributed by atoms with Gasteiger partial charge in [-0.1, -0.05) is 38.5 Å². The van der Waals surface area contributed by atoms with Crippen LogP contribution in [0.1, 0.15) is 115 Å². The minimum absolute atomic E-state index is 0.0151. The number of likely N-dealkylation sites (N-methyl/N-ethyl adjacent to an activating group) is 2.